The number of hydrogen-bond donors (Lipinski definition) is 0. The van der Waals surface area contributed by atoms with Gasteiger partial charge in [0.05, 0.1) is 5.01 Å². The molecule has 80 valence electrons. The van der Waals surface area contributed by atoms with Crippen LogP contribution in [0.25, 0.3) is 0 Å². The molecule has 1 aromatic rings. The predicted octanol–water partition coefficient (Wildman–Crippen LogP) is 4.53. The quantitative estimate of drug-likeness (QED) is 0.630. The zero-order valence-electron chi connectivity index (χ0n) is 9.55. The van der Waals surface area contributed by atoms with E-state index in [1.165, 1.54) is 42.0 Å². The maximum Gasteiger partial charge on any atom is 0.0896 e. The fourth-order valence-corrected chi connectivity index (χ4v) is 2.50. The summed E-state index contributed by atoms with van der Waals surface area (Å²) < 4.78 is 0. The first-order chi connectivity index (χ1) is 6.74. The molecule has 0 aliphatic carbocycles. The van der Waals surface area contributed by atoms with Crippen LogP contribution in [0.2, 0.25) is 0 Å². The van der Waals surface area contributed by atoms with Gasteiger partial charge in [0.2, 0.25) is 0 Å². The Kier molecular flexibility index (Phi) is 5.16. The predicted molar refractivity (Wildman–Crippen MR) is 64.0 cm³/mol. The molecule has 0 spiro atoms. The van der Waals surface area contributed by atoms with Crippen molar-refractivity contribution in [1.29, 1.82) is 0 Å². The number of aryl methyl sites for hydroxylation is 1. The first-order valence-corrected chi connectivity index (χ1v) is 6.48. The van der Waals surface area contributed by atoms with E-state index in [0.717, 1.165) is 0 Å². The second-order valence-corrected chi connectivity index (χ2v) is 5.30. The van der Waals surface area contributed by atoms with Gasteiger partial charge in [-0.25, -0.2) is 4.98 Å². The molecule has 1 unspecified atom stereocenters. The molecule has 0 N–H and O–H groups in total. The fraction of sp³-hybridized carbons (Fsp3) is 0.750. The number of thiazole rings is 1. The number of nitrogens with zero attached hydrogens (tertiary/aromatic N) is 1. The molecule has 0 aliphatic rings. The highest BCUT2D eigenvalue weighted by Gasteiger charge is 2.07. The maximum atomic E-state index is 4.30. The highest BCUT2D eigenvalue weighted by molar-refractivity contribution is 7.11. The molecule has 2 heteroatoms. The highest BCUT2D eigenvalue weighted by Crippen LogP contribution is 2.26. The molecule has 0 amide bonds. The van der Waals surface area contributed by atoms with Gasteiger partial charge in [-0.05, 0) is 19.3 Å². The average molecular weight is 211 g/mol. The van der Waals surface area contributed by atoms with Crippen LogP contribution >= 0.6 is 11.3 Å². The molecule has 0 radical (unpaired) electrons. The molecule has 0 fully saturated rings. The molecule has 14 heavy (non-hydrogen) atoms. The van der Waals surface area contributed by atoms with Crippen molar-refractivity contribution in [2.24, 2.45) is 0 Å². The van der Waals surface area contributed by atoms with Crippen LogP contribution in [0.4, 0.5) is 0 Å². The van der Waals surface area contributed by atoms with Crippen LogP contribution in [0.15, 0.2) is 6.20 Å². The molecule has 0 saturated carbocycles. The van der Waals surface area contributed by atoms with Crippen LogP contribution in [-0.2, 0) is 0 Å². The van der Waals surface area contributed by atoms with Gasteiger partial charge in [-0.3, -0.25) is 0 Å². The summed E-state index contributed by atoms with van der Waals surface area (Å²) in [6.45, 7) is 6.66. The van der Waals surface area contributed by atoms with Gasteiger partial charge in [0.1, 0.15) is 0 Å². The van der Waals surface area contributed by atoms with Crippen LogP contribution in [0.5, 0.6) is 0 Å². The Balaban J connectivity index is 2.25. The second kappa shape index (κ2) is 6.18. The molecule has 0 aromatic carbocycles. The number of unbranched alkanes of at least 4 members (excludes halogenated alkanes) is 3. The zero-order valence-corrected chi connectivity index (χ0v) is 10.4. The van der Waals surface area contributed by atoms with E-state index in [2.05, 4.69) is 25.8 Å². The lowest BCUT2D eigenvalue weighted by molar-refractivity contribution is 0.584. The van der Waals surface area contributed by atoms with E-state index in [1.54, 1.807) is 0 Å². The lowest BCUT2D eigenvalue weighted by Gasteiger charge is -2.07. The van der Waals surface area contributed by atoms with Gasteiger partial charge in [-0.1, -0.05) is 39.5 Å². The minimum absolute atomic E-state index is 0.707. The summed E-state index contributed by atoms with van der Waals surface area (Å²) in [7, 11) is 0. The monoisotopic (exact) mass is 211 g/mol. The van der Waals surface area contributed by atoms with E-state index in [9.17, 15) is 0 Å². The molecule has 1 nitrogen and oxygen atoms in total. The molecule has 0 bridgehead atoms. The van der Waals surface area contributed by atoms with E-state index < -0.39 is 0 Å². The molecule has 1 rings (SSSR count). The van der Waals surface area contributed by atoms with Crippen molar-refractivity contribution >= 4 is 11.3 Å². The summed E-state index contributed by atoms with van der Waals surface area (Å²) >= 11 is 1.85. The zero-order chi connectivity index (χ0) is 10.4. The Morgan fingerprint density at radius 3 is 2.71 bits per heavy atom. The standard InChI is InChI=1S/C12H21NS/c1-4-5-6-7-8-10(2)12-9-13-11(3)14-12/h9-10H,4-8H2,1-3H3. The van der Waals surface area contributed by atoms with Gasteiger partial charge in [0.15, 0.2) is 0 Å². The molecule has 1 heterocycles. The SMILES string of the molecule is CCCCCCC(C)c1cnc(C)s1. The largest absolute Gasteiger partial charge is 0.250 e. The third-order valence-corrected chi connectivity index (χ3v) is 3.76. The summed E-state index contributed by atoms with van der Waals surface area (Å²) in [4.78, 5) is 5.76. The summed E-state index contributed by atoms with van der Waals surface area (Å²) in [6, 6.07) is 0. The fourth-order valence-electron chi connectivity index (χ4n) is 1.63. The van der Waals surface area contributed by atoms with E-state index in [0.29, 0.717) is 5.92 Å². The third-order valence-electron chi connectivity index (χ3n) is 2.62. The Labute approximate surface area is 91.6 Å². The maximum absolute atomic E-state index is 4.30. The van der Waals surface area contributed by atoms with Gasteiger partial charge in [-0.2, -0.15) is 0 Å². The first-order valence-electron chi connectivity index (χ1n) is 5.66. The number of rotatable bonds is 6. The van der Waals surface area contributed by atoms with Crippen LogP contribution in [-0.4, -0.2) is 4.98 Å². The van der Waals surface area contributed by atoms with Crippen LogP contribution < -0.4 is 0 Å². The van der Waals surface area contributed by atoms with Crippen LogP contribution in [0, 0.1) is 6.92 Å². The summed E-state index contributed by atoms with van der Waals surface area (Å²) in [5, 5.41) is 1.19. The smallest absolute Gasteiger partial charge is 0.0896 e. The van der Waals surface area contributed by atoms with Gasteiger partial charge in [0.25, 0.3) is 0 Å². The Bertz CT molecular complexity index is 255. The minimum atomic E-state index is 0.707. The first kappa shape index (κ1) is 11.7. The highest BCUT2D eigenvalue weighted by atomic mass is 32.1. The Morgan fingerprint density at radius 1 is 1.36 bits per heavy atom. The summed E-state index contributed by atoms with van der Waals surface area (Å²) in [5.74, 6) is 0.707. The van der Waals surface area contributed by atoms with E-state index >= 15 is 0 Å². The van der Waals surface area contributed by atoms with Gasteiger partial charge in [0, 0.05) is 11.1 Å². The van der Waals surface area contributed by atoms with Crippen molar-refractivity contribution < 1.29 is 0 Å². The Morgan fingerprint density at radius 2 is 2.14 bits per heavy atom. The third kappa shape index (κ3) is 3.79. The second-order valence-electron chi connectivity index (χ2n) is 4.03. The van der Waals surface area contributed by atoms with E-state index in [4.69, 9.17) is 0 Å². The molecule has 0 saturated heterocycles. The Hall–Kier alpha value is -0.370. The van der Waals surface area contributed by atoms with E-state index in [-0.39, 0.29) is 0 Å². The van der Waals surface area contributed by atoms with Crippen LogP contribution in [0.1, 0.15) is 61.8 Å². The van der Waals surface area contributed by atoms with Crippen molar-refractivity contribution in [3.8, 4) is 0 Å². The molecular weight excluding hydrogens is 190 g/mol. The van der Waals surface area contributed by atoms with Crippen LogP contribution in [0.3, 0.4) is 0 Å². The van der Waals surface area contributed by atoms with Crippen molar-refractivity contribution in [2.45, 2.75) is 58.8 Å². The molecular formula is C12H21NS. The van der Waals surface area contributed by atoms with Crippen molar-refractivity contribution in [2.75, 3.05) is 0 Å². The molecule has 0 aliphatic heterocycles. The number of hydrogen-bond acceptors (Lipinski definition) is 2. The topological polar surface area (TPSA) is 12.9 Å². The van der Waals surface area contributed by atoms with Crippen molar-refractivity contribution in [1.82, 2.24) is 4.98 Å². The van der Waals surface area contributed by atoms with Gasteiger partial charge < -0.3 is 0 Å². The van der Waals surface area contributed by atoms with Crippen molar-refractivity contribution in [3.63, 3.8) is 0 Å². The van der Waals surface area contributed by atoms with Gasteiger partial charge in [-0.15, -0.1) is 11.3 Å². The van der Waals surface area contributed by atoms with E-state index in [1.807, 2.05) is 17.5 Å². The molecule has 1 aromatic heterocycles. The lowest BCUT2D eigenvalue weighted by Crippen LogP contribution is -1.90. The lowest BCUT2D eigenvalue weighted by atomic mass is 10.0. The normalized spacial score (nSPS) is 13.1. The van der Waals surface area contributed by atoms with Gasteiger partial charge >= 0.3 is 0 Å². The average Bonchev–Trinajstić information content (AvgIpc) is 2.59. The summed E-state index contributed by atoms with van der Waals surface area (Å²) in [5.41, 5.74) is 0. The molecule has 1 atom stereocenters. The van der Waals surface area contributed by atoms with Crippen molar-refractivity contribution in [3.05, 3.63) is 16.1 Å². The number of aromatic nitrogens is 1. The minimum Gasteiger partial charge on any atom is -0.250 e. The summed E-state index contributed by atoms with van der Waals surface area (Å²) in [6.07, 6.45) is 8.83.